The fourth-order valence-corrected chi connectivity index (χ4v) is 3.27. The first kappa shape index (κ1) is 17.9. The normalized spacial score (nSPS) is 11.9. The fourth-order valence-electron chi connectivity index (χ4n) is 3.27. The SMILES string of the molecule is CN(C)c1ccc2c(c1)Oc1cc(N(C)C)ccc1N2C(=O)c1ccccc1. The van der Waals surface area contributed by atoms with Crippen LogP contribution in [0.3, 0.4) is 0 Å². The van der Waals surface area contributed by atoms with Crippen molar-refractivity contribution in [2.45, 2.75) is 0 Å². The van der Waals surface area contributed by atoms with E-state index in [1.54, 1.807) is 4.90 Å². The Balaban J connectivity index is 1.88. The van der Waals surface area contributed by atoms with Gasteiger partial charge >= 0.3 is 0 Å². The van der Waals surface area contributed by atoms with Gasteiger partial charge in [-0.25, -0.2) is 0 Å². The third-order valence-electron chi connectivity index (χ3n) is 4.85. The Hall–Kier alpha value is -3.47. The van der Waals surface area contributed by atoms with Crippen LogP contribution < -0.4 is 19.4 Å². The summed E-state index contributed by atoms with van der Waals surface area (Å²) in [6.07, 6.45) is 0. The van der Waals surface area contributed by atoms with Gasteiger partial charge in [0, 0.05) is 57.3 Å². The highest BCUT2D eigenvalue weighted by atomic mass is 16.5. The molecular formula is C23H23N3O2. The molecule has 1 amide bonds. The summed E-state index contributed by atoms with van der Waals surface area (Å²) in [4.78, 5) is 19.2. The summed E-state index contributed by atoms with van der Waals surface area (Å²) in [5.74, 6) is 1.25. The van der Waals surface area contributed by atoms with Crippen LogP contribution in [0.25, 0.3) is 0 Å². The van der Waals surface area contributed by atoms with Gasteiger partial charge in [0.2, 0.25) is 0 Å². The topological polar surface area (TPSA) is 36.0 Å². The predicted molar refractivity (Wildman–Crippen MR) is 115 cm³/mol. The molecule has 0 unspecified atom stereocenters. The second-order valence-electron chi connectivity index (χ2n) is 7.20. The molecule has 0 aromatic heterocycles. The first-order chi connectivity index (χ1) is 13.5. The molecule has 5 nitrogen and oxygen atoms in total. The molecule has 28 heavy (non-hydrogen) atoms. The molecule has 3 aromatic rings. The van der Waals surface area contributed by atoms with Crippen molar-refractivity contribution in [1.29, 1.82) is 0 Å². The van der Waals surface area contributed by atoms with Gasteiger partial charge in [0.25, 0.3) is 5.91 Å². The highest BCUT2D eigenvalue weighted by Gasteiger charge is 2.30. The average molecular weight is 373 g/mol. The molecular weight excluding hydrogens is 350 g/mol. The summed E-state index contributed by atoms with van der Waals surface area (Å²) in [6, 6.07) is 21.1. The molecule has 4 rings (SSSR count). The zero-order chi connectivity index (χ0) is 19.8. The van der Waals surface area contributed by atoms with Crippen LogP contribution in [-0.2, 0) is 0 Å². The van der Waals surface area contributed by atoms with E-state index in [2.05, 4.69) is 0 Å². The first-order valence-electron chi connectivity index (χ1n) is 9.16. The van der Waals surface area contributed by atoms with E-state index in [0.717, 1.165) is 22.7 Å². The van der Waals surface area contributed by atoms with Gasteiger partial charge in [0.1, 0.15) is 0 Å². The van der Waals surface area contributed by atoms with Crippen LogP contribution in [0.5, 0.6) is 11.5 Å². The van der Waals surface area contributed by atoms with E-state index in [1.165, 1.54) is 0 Å². The van der Waals surface area contributed by atoms with Crippen LogP contribution in [-0.4, -0.2) is 34.1 Å². The Morgan fingerprint density at radius 3 is 1.71 bits per heavy atom. The lowest BCUT2D eigenvalue weighted by Crippen LogP contribution is -2.29. The van der Waals surface area contributed by atoms with E-state index in [1.807, 2.05) is 105 Å². The lowest BCUT2D eigenvalue weighted by atomic mass is 10.1. The minimum absolute atomic E-state index is 0.0818. The quantitative estimate of drug-likeness (QED) is 0.654. The zero-order valence-electron chi connectivity index (χ0n) is 16.5. The number of carbonyl (C=O) groups is 1. The average Bonchev–Trinajstić information content (AvgIpc) is 2.71. The summed E-state index contributed by atoms with van der Waals surface area (Å²) in [5, 5.41) is 0. The van der Waals surface area contributed by atoms with Gasteiger partial charge in [0.15, 0.2) is 11.5 Å². The number of fused-ring (bicyclic) bond motifs is 2. The van der Waals surface area contributed by atoms with Crippen molar-refractivity contribution in [2.24, 2.45) is 0 Å². The van der Waals surface area contributed by atoms with E-state index >= 15 is 0 Å². The molecule has 142 valence electrons. The Labute approximate surface area is 165 Å². The number of benzene rings is 3. The van der Waals surface area contributed by atoms with Gasteiger partial charge in [-0.2, -0.15) is 0 Å². The number of anilines is 4. The third kappa shape index (κ3) is 3.05. The van der Waals surface area contributed by atoms with E-state index in [9.17, 15) is 4.79 Å². The molecule has 1 heterocycles. The summed E-state index contributed by atoms with van der Waals surface area (Å²) in [5.41, 5.74) is 4.14. The van der Waals surface area contributed by atoms with Gasteiger partial charge in [-0.1, -0.05) is 18.2 Å². The van der Waals surface area contributed by atoms with Crippen molar-refractivity contribution in [3.8, 4) is 11.5 Å². The highest BCUT2D eigenvalue weighted by molar-refractivity contribution is 6.13. The number of amides is 1. The van der Waals surface area contributed by atoms with Crippen LogP contribution in [0.4, 0.5) is 22.7 Å². The molecule has 3 aromatic carbocycles. The summed E-state index contributed by atoms with van der Waals surface area (Å²) >= 11 is 0. The molecule has 1 aliphatic rings. The lowest BCUT2D eigenvalue weighted by Gasteiger charge is -2.32. The second kappa shape index (κ2) is 6.93. The molecule has 0 bridgehead atoms. The van der Waals surface area contributed by atoms with Gasteiger partial charge in [0.05, 0.1) is 11.4 Å². The van der Waals surface area contributed by atoms with Crippen molar-refractivity contribution in [2.75, 3.05) is 42.9 Å². The van der Waals surface area contributed by atoms with Crippen LogP contribution in [0.1, 0.15) is 10.4 Å². The maximum absolute atomic E-state index is 13.4. The van der Waals surface area contributed by atoms with E-state index in [4.69, 9.17) is 4.74 Å². The van der Waals surface area contributed by atoms with E-state index in [0.29, 0.717) is 17.1 Å². The number of nitrogens with zero attached hydrogens (tertiary/aromatic N) is 3. The van der Waals surface area contributed by atoms with Crippen LogP contribution in [0.15, 0.2) is 66.7 Å². The molecule has 0 spiro atoms. The summed E-state index contributed by atoms with van der Waals surface area (Å²) in [7, 11) is 7.93. The molecule has 0 aliphatic carbocycles. The van der Waals surface area contributed by atoms with Gasteiger partial charge in [-0.05, 0) is 36.4 Å². The zero-order valence-corrected chi connectivity index (χ0v) is 16.5. The Bertz CT molecular complexity index is 972. The minimum atomic E-state index is -0.0818. The molecule has 5 heteroatoms. The summed E-state index contributed by atoms with van der Waals surface area (Å²) in [6.45, 7) is 0. The van der Waals surface area contributed by atoms with Crippen molar-refractivity contribution in [3.63, 3.8) is 0 Å². The summed E-state index contributed by atoms with van der Waals surface area (Å²) < 4.78 is 6.23. The number of ether oxygens (including phenoxy) is 1. The fraction of sp³-hybridized carbons (Fsp3) is 0.174. The van der Waals surface area contributed by atoms with Crippen molar-refractivity contribution < 1.29 is 9.53 Å². The van der Waals surface area contributed by atoms with Gasteiger partial charge in [-0.3, -0.25) is 9.69 Å². The molecule has 1 aliphatic heterocycles. The number of hydrogen-bond acceptors (Lipinski definition) is 4. The van der Waals surface area contributed by atoms with Crippen molar-refractivity contribution in [1.82, 2.24) is 0 Å². The minimum Gasteiger partial charge on any atom is -0.453 e. The number of rotatable bonds is 3. The van der Waals surface area contributed by atoms with Crippen LogP contribution in [0, 0.1) is 0 Å². The molecule has 0 saturated carbocycles. The molecule has 0 atom stereocenters. The number of hydrogen-bond donors (Lipinski definition) is 0. The second-order valence-corrected chi connectivity index (χ2v) is 7.20. The Kier molecular flexibility index (Phi) is 4.43. The van der Waals surface area contributed by atoms with Gasteiger partial charge in [-0.15, -0.1) is 0 Å². The standard InChI is InChI=1S/C23H23N3O2/c1-24(2)17-10-12-19-21(14-17)28-22-15-18(25(3)4)11-13-20(22)26(19)23(27)16-8-6-5-7-9-16/h5-15H,1-4H3. The van der Waals surface area contributed by atoms with Crippen LogP contribution >= 0.6 is 0 Å². The maximum atomic E-state index is 13.4. The monoisotopic (exact) mass is 373 g/mol. The molecule has 0 saturated heterocycles. The highest BCUT2D eigenvalue weighted by Crippen LogP contribution is 2.49. The van der Waals surface area contributed by atoms with Crippen molar-refractivity contribution >= 4 is 28.7 Å². The Morgan fingerprint density at radius 1 is 0.750 bits per heavy atom. The van der Waals surface area contributed by atoms with E-state index < -0.39 is 0 Å². The van der Waals surface area contributed by atoms with E-state index in [-0.39, 0.29) is 5.91 Å². The third-order valence-corrected chi connectivity index (χ3v) is 4.85. The predicted octanol–water partition coefficient (Wildman–Crippen LogP) is 4.90. The first-order valence-corrected chi connectivity index (χ1v) is 9.16. The van der Waals surface area contributed by atoms with Crippen LogP contribution in [0.2, 0.25) is 0 Å². The smallest absolute Gasteiger partial charge is 0.263 e. The molecule has 0 fully saturated rings. The Morgan fingerprint density at radius 2 is 1.25 bits per heavy atom. The molecule has 0 N–H and O–H groups in total. The lowest BCUT2D eigenvalue weighted by molar-refractivity contribution is 0.0997. The van der Waals surface area contributed by atoms with Gasteiger partial charge < -0.3 is 14.5 Å². The molecule has 0 radical (unpaired) electrons. The number of carbonyl (C=O) groups excluding carboxylic acids is 1. The maximum Gasteiger partial charge on any atom is 0.263 e. The van der Waals surface area contributed by atoms with Crippen molar-refractivity contribution in [3.05, 3.63) is 72.3 Å². The largest absolute Gasteiger partial charge is 0.453 e.